The Morgan fingerprint density at radius 1 is 1.07 bits per heavy atom. The number of benzene rings is 2. The number of allylic oxidation sites excluding steroid dienone is 1. The topological polar surface area (TPSA) is 41.9 Å². The van der Waals surface area contributed by atoms with Gasteiger partial charge in [-0.1, -0.05) is 47.8 Å². The largest absolute Gasteiger partial charge is 0.461 e. The smallest absolute Gasteiger partial charge is 0.354 e. The quantitative estimate of drug-likeness (QED) is 0.511. The van der Waals surface area contributed by atoms with Crippen molar-refractivity contribution in [3.63, 3.8) is 0 Å². The third-order valence-electron chi connectivity index (χ3n) is 4.21. The highest BCUT2D eigenvalue weighted by atomic mass is 35.5. The molecule has 0 bridgehead atoms. The average molecular weight is 433 g/mol. The standard InChI is InChI=1S/C16H19ClN2O2.C7H7Cl/c1-4-12-9-13(17)6-7-15(12)19-10-11(3)8-14(18-19)16(20)21-5-2;1-6-2-4-7(8)5-3-6/h6-7,9-10H,4-5,8H2,1-3H3;2-5H,1H3. The molecule has 0 radical (unpaired) electrons. The average Bonchev–Trinajstić information content (AvgIpc) is 2.70. The van der Waals surface area contributed by atoms with E-state index in [0.717, 1.165) is 28.3 Å². The third-order valence-corrected chi connectivity index (χ3v) is 4.70. The van der Waals surface area contributed by atoms with Crippen molar-refractivity contribution in [2.24, 2.45) is 5.10 Å². The summed E-state index contributed by atoms with van der Waals surface area (Å²) in [4.78, 5) is 11.9. The molecule has 1 aliphatic rings. The lowest BCUT2D eigenvalue weighted by molar-refractivity contribution is -0.135. The lowest BCUT2D eigenvalue weighted by Gasteiger charge is -2.24. The van der Waals surface area contributed by atoms with Gasteiger partial charge in [-0.2, -0.15) is 5.10 Å². The van der Waals surface area contributed by atoms with Crippen molar-refractivity contribution >= 4 is 40.6 Å². The van der Waals surface area contributed by atoms with Crippen molar-refractivity contribution in [2.45, 2.75) is 40.5 Å². The van der Waals surface area contributed by atoms with Gasteiger partial charge in [0, 0.05) is 22.7 Å². The Balaban J connectivity index is 0.000000313. The zero-order chi connectivity index (χ0) is 21.4. The van der Waals surface area contributed by atoms with Crippen molar-refractivity contribution in [1.29, 1.82) is 0 Å². The Hall–Kier alpha value is -2.30. The van der Waals surface area contributed by atoms with E-state index in [1.807, 2.05) is 62.5 Å². The molecule has 29 heavy (non-hydrogen) atoms. The number of esters is 1. The molecule has 0 spiro atoms. The van der Waals surface area contributed by atoms with E-state index in [1.165, 1.54) is 5.56 Å². The fourth-order valence-electron chi connectivity index (χ4n) is 2.76. The van der Waals surface area contributed by atoms with Gasteiger partial charge in [-0.25, -0.2) is 9.80 Å². The minimum absolute atomic E-state index is 0.349. The van der Waals surface area contributed by atoms with Crippen molar-refractivity contribution in [2.75, 3.05) is 11.6 Å². The number of carbonyl (C=O) groups excluding carboxylic acids is 1. The van der Waals surface area contributed by atoms with Crippen LogP contribution in [0.4, 0.5) is 5.69 Å². The summed E-state index contributed by atoms with van der Waals surface area (Å²) in [6, 6.07) is 13.4. The second kappa shape index (κ2) is 11.0. The summed E-state index contributed by atoms with van der Waals surface area (Å²) < 4.78 is 5.04. The number of nitrogens with zero attached hydrogens (tertiary/aromatic N) is 2. The Bertz CT molecular complexity index is 885. The Labute approximate surface area is 182 Å². The van der Waals surface area contributed by atoms with Crippen molar-refractivity contribution in [3.05, 3.63) is 75.4 Å². The molecule has 154 valence electrons. The molecule has 0 amide bonds. The van der Waals surface area contributed by atoms with Crippen molar-refractivity contribution in [3.8, 4) is 0 Å². The lowest BCUT2D eigenvalue weighted by atomic mass is 10.1. The zero-order valence-electron chi connectivity index (χ0n) is 17.2. The number of hydrazone groups is 1. The SMILES string of the molecule is CCOC(=O)C1=NN(c2ccc(Cl)cc2CC)C=C(C)C1.Cc1ccc(Cl)cc1. The van der Waals surface area contributed by atoms with E-state index >= 15 is 0 Å². The predicted molar refractivity (Wildman–Crippen MR) is 122 cm³/mol. The molecule has 4 nitrogen and oxygen atoms in total. The maximum absolute atomic E-state index is 11.9. The molecular weight excluding hydrogens is 407 g/mol. The molecule has 0 N–H and O–H groups in total. The zero-order valence-corrected chi connectivity index (χ0v) is 18.7. The van der Waals surface area contributed by atoms with Crippen molar-refractivity contribution in [1.82, 2.24) is 0 Å². The Morgan fingerprint density at radius 3 is 2.31 bits per heavy atom. The summed E-state index contributed by atoms with van der Waals surface area (Å²) in [7, 11) is 0. The molecular formula is C23H26Cl2N2O2. The number of hydrogen-bond donors (Lipinski definition) is 0. The van der Waals surface area contributed by atoms with Gasteiger partial charge in [0.05, 0.1) is 12.3 Å². The highest BCUT2D eigenvalue weighted by Gasteiger charge is 2.21. The van der Waals surface area contributed by atoms with E-state index in [2.05, 4.69) is 12.0 Å². The van der Waals surface area contributed by atoms with Gasteiger partial charge in [-0.15, -0.1) is 0 Å². The maximum Gasteiger partial charge on any atom is 0.354 e. The molecule has 1 heterocycles. The summed E-state index contributed by atoms with van der Waals surface area (Å²) in [6.07, 6.45) is 3.29. The maximum atomic E-state index is 11.9. The summed E-state index contributed by atoms with van der Waals surface area (Å²) in [5, 5.41) is 7.65. The molecule has 0 fully saturated rings. The van der Waals surface area contributed by atoms with Crippen LogP contribution in [-0.4, -0.2) is 18.3 Å². The van der Waals surface area contributed by atoms with Crippen molar-refractivity contribution < 1.29 is 9.53 Å². The molecule has 2 aromatic carbocycles. The van der Waals surface area contributed by atoms with E-state index in [1.54, 1.807) is 11.9 Å². The fourth-order valence-corrected chi connectivity index (χ4v) is 3.08. The number of aryl methyl sites for hydroxylation is 2. The van der Waals surface area contributed by atoms with Gasteiger partial charge in [-0.3, -0.25) is 0 Å². The second-order valence-corrected chi connectivity index (χ2v) is 7.56. The fraction of sp³-hybridized carbons (Fsp3) is 0.304. The van der Waals surface area contributed by atoms with Crippen LogP contribution in [0.15, 0.2) is 59.3 Å². The summed E-state index contributed by atoms with van der Waals surface area (Å²) in [6.45, 7) is 8.21. The van der Waals surface area contributed by atoms with Crippen LogP contribution in [0, 0.1) is 6.92 Å². The molecule has 0 saturated carbocycles. The van der Waals surface area contributed by atoms with Crippen LogP contribution in [0.3, 0.4) is 0 Å². The number of ether oxygens (including phenoxy) is 1. The summed E-state index contributed by atoms with van der Waals surface area (Å²) >= 11 is 11.7. The van der Waals surface area contributed by atoms with Gasteiger partial charge >= 0.3 is 5.97 Å². The molecule has 0 atom stereocenters. The minimum atomic E-state index is -0.359. The van der Waals surface area contributed by atoms with E-state index in [-0.39, 0.29) is 5.97 Å². The Kier molecular flexibility index (Phi) is 8.74. The van der Waals surface area contributed by atoms with E-state index in [9.17, 15) is 4.79 Å². The van der Waals surface area contributed by atoms with Gasteiger partial charge in [0.25, 0.3) is 0 Å². The van der Waals surface area contributed by atoms with Gasteiger partial charge < -0.3 is 4.74 Å². The van der Waals surface area contributed by atoms with E-state index < -0.39 is 0 Å². The lowest BCUT2D eigenvalue weighted by Crippen LogP contribution is -2.26. The highest BCUT2D eigenvalue weighted by Crippen LogP contribution is 2.28. The van der Waals surface area contributed by atoms with Crippen LogP contribution in [0.2, 0.25) is 10.0 Å². The molecule has 0 saturated heterocycles. The van der Waals surface area contributed by atoms with Gasteiger partial charge in [0.15, 0.2) is 5.71 Å². The minimum Gasteiger partial charge on any atom is -0.461 e. The number of rotatable bonds is 4. The van der Waals surface area contributed by atoms with Crippen LogP contribution in [0.25, 0.3) is 0 Å². The molecule has 6 heteroatoms. The first-order chi connectivity index (χ1) is 13.8. The first-order valence-electron chi connectivity index (χ1n) is 9.55. The van der Waals surface area contributed by atoms with E-state index in [0.29, 0.717) is 23.8 Å². The highest BCUT2D eigenvalue weighted by molar-refractivity contribution is 6.37. The molecule has 3 rings (SSSR count). The first-order valence-corrected chi connectivity index (χ1v) is 10.3. The molecule has 0 aliphatic carbocycles. The van der Waals surface area contributed by atoms with Crippen LogP contribution >= 0.6 is 23.2 Å². The number of hydrogen-bond acceptors (Lipinski definition) is 4. The Morgan fingerprint density at radius 2 is 1.72 bits per heavy atom. The molecule has 0 aromatic heterocycles. The van der Waals surface area contributed by atoms with Crippen LogP contribution in [-0.2, 0) is 16.0 Å². The normalized spacial score (nSPS) is 13.1. The monoisotopic (exact) mass is 432 g/mol. The molecule has 2 aromatic rings. The van der Waals surface area contributed by atoms with Crippen LogP contribution in [0.1, 0.15) is 38.3 Å². The number of anilines is 1. The molecule has 1 aliphatic heterocycles. The first kappa shape index (κ1) is 23.0. The summed E-state index contributed by atoms with van der Waals surface area (Å²) in [5.41, 5.74) is 4.75. The number of carbonyl (C=O) groups is 1. The number of halogens is 2. The third kappa shape index (κ3) is 6.91. The van der Waals surface area contributed by atoms with Gasteiger partial charge in [0.1, 0.15) is 0 Å². The van der Waals surface area contributed by atoms with Crippen LogP contribution < -0.4 is 5.01 Å². The summed E-state index contributed by atoms with van der Waals surface area (Å²) in [5.74, 6) is -0.359. The van der Waals surface area contributed by atoms with E-state index in [4.69, 9.17) is 27.9 Å². The predicted octanol–water partition coefficient (Wildman–Crippen LogP) is 6.58. The van der Waals surface area contributed by atoms with Crippen LogP contribution in [0.5, 0.6) is 0 Å². The second-order valence-electron chi connectivity index (χ2n) is 6.69. The molecule has 0 unspecified atom stereocenters. The van der Waals surface area contributed by atoms with Gasteiger partial charge in [0.2, 0.25) is 0 Å². The van der Waals surface area contributed by atoms with Gasteiger partial charge in [-0.05, 0) is 68.7 Å².